The smallest absolute Gasteiger partial charge is 0.741 e. The Labute approximate surface area is 164 Å². The van der Waals surface area contributed by atoms with Crippen LogP contribution in [0.3, 0.4) is 0 Å². The number of alkyl halides is 6. The van der Waals surface area contributed by atoms with E-state index < -0.39 is 31.3 Å². The molecule has 8 nitrogen and oxygen atoms in total. The molecule has 2 N–H and O–H groups in total. The second-order valence-corrected chi connectivity index (χ2v) is 7.04. The van der Waals surface area contributed by atoms with Gasteiger partial charge in [0.05, 0.1) is 0 Å². The molecule has 0 aromatic heterocycles. The van der Waals surface area contributed by atoms with E-state index in [2.05, 4.69) is 24.5 Å². The van der Waals surface area contributed by atoms with Gasteiger partial charge < -0.3 is 19.7 Å². The number of nitrogens with one attached hydrogen (secondary N) is 2. The van der Waals surface area contributed by atoms with Crippen LogP contribution in [0.25, 0.3) is 0 Å². The van der Waals surface area contributed by atoms with Crippen LogP contribution in [0, 0.1) is 0 Å². The summed E-state index contributed by atoms with van der Waals surface area (Å²) in [6.45, 7) is 8.88. The zero-order valence-corrected chi connectivity index (χ0v) is 16.7. The summed E-state index contributed by atoms with van der Waals surface area (Å²) in [4.78, 5) is 0. The molecule has 1 radical (unpaired) electrons. The molecule has 0 aromatic rings. The first kappa shape index (κ1) is 34.4. The van der Waals surface area contributed by atoms with Gasteiger partial charge in [-0.15, -0.1) is 0 Å². The fourth-order valence-electron chi connectivity index (χ4n) is 0.780. The van der Waals surface area contributed by atoms with Crippen LogP contribution in [-0.2, 0) is 37.3 Å². The second kappa shape index (κ2) is 15.7. The molecule has 0 aliphatic rings. The first-order chi connectivity index (χ1) is 11.4. The van der Waals surface area contributed by atoms with E-state index in [1.165, 1.54) is 12.8 Å². The van der Waals surface area contributed by atoms with Crippen LogP contribution >= 0.6 is 0 Å². The molecular weight excluding hydrogens is 486 g/mol. The van der Waals surface area contributed by atoms with Gasteiger partial charge in [0.25, 0.3) is 0 Å². The first-order valence-electron chi connectivity index (χ1n) is 6.87. The van der Waals surface area contributed by atoms with Crippen molar-refractivity contribution in [2.24, 2.45) is 0 Å². The molecule has 0 bridgehead atoms. The summed E-state index contributed by atoms with van der Waals surface area (Å²) in [7, 11) is -12.2. The van der Waals surface area contributed by atoms with Crippen molar-refractivity contribution in [3.05, 3.63) is 0 Å². The molecule has 0 saturated carbocycles. The third-order valence-electron chi connectivity index (χ3n) is 1.90. The maximum absolute atomic E-state index is 10.7. The van der Waals surface area contributed by atoms with E-state index in [-0.39, 0.29) is 17.1 Å². The zero-order chi connectivity index (χ0) is 21.7. The van der Waals surface area contributed by atoms with Crippen LogP contribution in [0.15, 0.2) is 0 Å². The number of halogens is 6. The zero-order valence-electron chi connectivity index (χ0n) is 14.1. The molecule has 0 rings (SSSR count). The molecule has 0 unspecified atom stereocenters. The Kier molecular flexibility index (Phi) is 20.0. The minimum absolute atomic E-state index is 0. The topological polar surface area (TPSA) is 138 Å². The molecule has 0 spiro atoms. The number of rotatable bonds is 7. The van der Waals surface area contributed by atoms with E-state index in [4.69, 9.17) is 25.9 Å². The van der Waals surface area contributed by atoms with E-state index >= 15 is 0 Å². The van der Waals surface area contributed by atoms with Gasteiger partial charge in [-0.3, -0.25) is 0 Å². The third kappa shape index (κ3) is 23.8. The van der Waals surface area contributed by atoms with Gasteiger partial charge in [-0.1, -0.05) is 13.8 Å². The van der Waals surface area contributed by atoms with Crippen molar-refractivity contribution in [3.63, 3.8) is 0 Å². The van der Waals surface area contributed by atoms with Gasteiger partial charge in [-0.2, -0.15) is 26.3 Å². The third-order valence-corrected chi connectivity index (χ3v) is 3.03. The fraction of sp³-hybridized carbons (Fsp3) is 1.00. The Hall–Kier alpha value is -0.161. The van der Waals surface area contributed by atoms with Crippen molar-refractivity contribution in [1.29, 1.82) is 0 Å². The van der Waals surface area contributed by atoms with Crippen molar-refractivity contribution >= 4 is 20.2 Å². The maximum Gasteiger partial charge on any atom is 2.00 e. The number of hydrogen-bond donors (Lipinski definition) is 2. The molecule has 0 saturated heterocycles. The minimum Gasteiger partial charge on any atom is -0.741 e. The molecule has 27 heavy (non-hydrogen) atoms. The summed E-state index contributed by atoms with van der Waals surface area (Å²) < 4.78 is 118. The van der Waals surface area contributed by atoms with Crippen LogP contribution in [-0.4, -0.2) is 63.1 Å². The van der Waals surface area contributed by atoms with Crippen LogP contribution in [0.5, 0.6) is 0 Å². The van der Waals surface area contributed by atoms with Crippen molar-refractivity contribution in [1.82, 2.24) is 10.6 Å². The summed E-state index contributed by atoms with van der Waals surface area (Å²) in [6.07, 6.45) is 2.46. The van der Waals surface area contributed by atoms with E-state index in [9.17, 15) is 26.3 Å². The van der Waals surface area contributed by atoms with E-state index in [0.717, 1.165) is 26.2 Å². The first-order valence-corrected chi connectivity index (χ1v) is 9.69. The number of hydrogen-bond acceptors (Lipinski definition) is 8. The predicted molar refractivity (Wildman–Crippen MR) is 77.8 cm³/mol. The summed E-state index contributed by atoms with van der Waals surface area (Å²) >= 11 is 0. The SMILES string of the molecule is CCCNCCNCCC.O=S(=O)([O-])C(F)(F)F.O=S(=O)([O-])C(F)(F)F.[Cu+2]. The van der Waals surface area contributed by atoms with Gasteiger partial charge in [-0.25, -0.2) is 16.8 Å². The molecule has 17 heteroatoms. The average Bonchev–Trinajstić information content (AvgIpc) is 2.40. The molecule has 0 amide bonds. The van der Waals surface area contributed by atoms with Gasteiger partial charge in [0.2, 0.25) is 0 Å². The van der Waals surface area contributed by atoms with E-state index in [1.807, 2.05) is 0 Å². The van der Waals surface area contributed by atoms with Crippen molar-refractivity contribution in [2.45, 2.75) is 37.7 Å². The minimum atomic E-state index is -6.09. The Balaban J connectivity index is -0.000000146. The van der Waals surface area contributed by atoms with E-state index in [1.54, 1.807) is 0 Å². The molecule has 0 atom stereocenters. The summed E-state index contributed by atoms with van der Waals surface area (Å²) in [6, 6.07) is 0. The Morgan fingerprint density at radius 2 is 0.852 bits per heavy atom. The molecule has 0 aromatic carbocycles. The summed E-state index contributed by atoms with van der Waals surface area (Å²) in [5.41, 5.74) is -11.3. The van der Waals surface area contributed by atoms with Gasteiger partial charge >= 0.3 is 28.1 Å². The molecule has 0 aliphatic carbocycles. The Morgan fingerprint density at radius 3 is 0.963 bits per heavy atom. The second-order valence-electron chi connectivity index (χ2n) is 4.30. The van der Waals surface area contributed by atoms with Gasteiger partial charge in [0.15, 0.2) is 20.2 Å². The normalized spacial score (nSPS) is 12.1. The average molecular weight is 506 g/mol. The van der Waals surface area contributed by atoms with Crippen molar-refractivity contribution in [3.8, 4) is 0 Å². The summed E-state index contributed by atoms with van der Waals surface area (Å²) in [5, 5.41) is 6.66. The van der Waals surface area contributed by atoms with Gasteiger partial charge in [0, 0.05) is 13.1 Å². The van der Waals surface area contributed by atoms with Crippen LogP contribution in [0.4, 0.5) is 26.3 Å². The van der Waals surface area contributed by atoms with Gasteiger partial charge in [-0.05, 0) is 25.9 Å². The van der Waals surface area contributed by atoms with Crippen molar-refractivity contribution in [2.75, 3.05) is 26.2 Å². The van der Waals surface area contributed by atoms with Crippen LogP contribution < -0.4 is 10.6 Å². The van der Waals surface area contributed by atoms with Crippen LogP contribution in [0.2, 0.25) is 0 Å². The molecule has 0 aliphatic heterocycles. The van der Waals surface area contributed by atoms with Crippen molar-refractivity contribution < 1.29 is 69.4 Å². The van der Waals surface area contributed by atoms with Crippen LogP contribution in [0.1, 0.15) is 26.7 Å². The Morgan fingerprint density at radius 1 is 0.667 bits per heavy atom. The van der Waals surface area contributed by atoms with Gasteiger partial charge in [0.1, 0.15) is 0 Å². The Bertz CT molecular complexity index is 504. The quantitative estimate of drug-likeness (QED) is 0.172. The standard InChI is InChI=1S/C8H20N2.2CHF3O3S.Cu/c1-3-5-9-7-8-10-6-4-2;2*2-1(3,4)8(5,6)7;/h9-10H,3-8H2,1-2H3;2*(H,5,6,7);/q;;;+2/p-2. The largest absolute Gasteiger partial charge is 2.00 e. The molecular formula is C10H20CuF6N2O6S2. The van der Waals surface area contributed by atoms with E-state index in [0.29, 0.717) is 0 Å². The summed E-state index contributed by atoms with van der Waals surface area (Å²) in [5.74, 6) is 0. The fourth-order valence-corrected chi connectivity index (χ4v) is 0.780. The molecule has 0 heterocycles. The molecule has 171 valence electrons. The maximum atomic E-state index is 10.7. The predicted octanol–water partition coefficient (Wildman–Crippen LogP) is 1.09. The molecule has 0 fully saturated rings. The monoisotopic (exact) mass is 505 g/mol.